The van der Waals surface area contributed by atoms with Gasteiger partial charge in [-0.3, -0.25) is 4.79 Å². The number of carbonyl (C=O) groups excluding carboxylic acids is 1. The number of amides is 1. The van der Waals surface area contributed by atoms with Gasteiger partial charge in [-0.1, -0.05) is 0 Å². The van der Waals surface area contributed by atoms with Crippen LogP contribution in [0.3, 0.4) is 0 Å². The Balaban J connectivity index is 2.30. The number of phenolic OH excluding ortho intramolecular Hbond substituents is 1. The van der Waals surface area contributed by atoms with E-state index in [9.17, 15) is 9.90 Å². The molecule has 0 spiro atoms. The van der Waals surface area contributed by atoms with Gasteiger partial charge in [0, 0.05) is 24.6 Å². The van der Waals surface area contributed by atoms with Crippen LogP contribution in [0, 0.1) is 6.92 Å². The van der Waals surface area contributed by atoms with Crippen molar-refractivity contribution in [2.45, 2.75) is 13.3 Å². The average molecular weight is 272 g/mol. The molecule has 4 nitrogen and oxygen atoms in total. The Kier molecular flexibility index (Phi) is 6.54. The highest BCUT2D eigenvalue weighted by molar-refractivity contribution is 6.17. The molecule has 1 rings (SSSR count). The summed E-state index contributed by atoms with van der Waals surface area (Å²) in [6.45, 7) is 3.43. The van der Waals surface area contributed by atoms with E-state index in [0.717, 1.165) is 6.42 Å². The Hall–Kier alpha value is -1.26. The molecule has 0 aliphatic heterocycles. The highest BCUT2D eigenvalue weighted by Gasteiger charge is 2.06. The lowest BCUT2D eigenvalue weighted by atomic mass is 10.1. The average Bonchev–Trinajstić information content (AvgIpc) is 2.36. The molecule has 0 atom stereocenters. The zero-order valence-corrected chi connectivity index (χ0v) is 11.2. The number of rotatable bonds is 7. The second-order valence-corrected chi connectivity index (χ2v) is 4.29. The summed E-state index contributed by atoms with van der Waals surface area (Å²) in [7, 11) is 0. The van der Waals surface area contributed by atoms with Crippen molar-refractivity contribution in [2.24, 2.45) is 0 Å². The van der Waals surface area contributed by atoms with Crippen LogP contribution in [0.25, 0.3) is 0 Å². The van der Waals surface area contributed by atoms with E-state index in [1.54, 1.807) is 19.1 Å². The van der Waals surface area contributed by atoms with Gasteiger partial charge in [-0.05, 0) is 37.1 Å². The summed E-state index contributed by atoms with van der Waals surface area (Å²) in [5.74, 6) is 0.538. The number of nitrogens with one attached hydrogen (secondary N) is 1. The second kappa shape index (κ2) is 7.95. The fourth-order valence-electron chi connectivity index (χ4n) is 1.43. The van der Waals surface area contributed by atoms with E-state index < -0.39 is 0 Å². The number of hydrogen-bond acceptors (Lipinski definition) is 3. The van der Waals surface area contributed by atoms with Gasteiger partial charge in [0.05, 0.1) is 6.61 Å². The molecule has 1 aromatic carbocycles. The standard InChI is InChI=1S/C13H18ClNO3/c1-10-9-11(3-4-12(10)16)13(17)15-6-2-7-18-8-5-14/h3-4,9,16H,2,5-8H2,1H3,(H,15,17). The van der Waals surface area contributed by atoms with Gasteiger partial charge >= 0.3 is 0 Å². The fourth-order valence-corrected chi connectivity index (χ4v) is 1.54. The van der Waals surface area contributed by atoms with Gasteiger partial charge in [-0.2, -0.15) is 0 Å². The molecule has 18 heavy (non-hydrogen) atoms. The third kappa shape index (κ3) is 4.94. The van der Waals surface area contributed by atoms with E-state index in [-0.39, 0.29) is 11.7 Å². The van der Waals surface area contributed by atoms with Crippen molar-refractivity contribution in [1.29, 1.82) is 0 Å². The van der Waals surface area contributed by atoms with Gasteiger partial charge in [-0.25, -0.2) is 0 Å². The quantitative estimate of drug-likeness (QED) is 0.590. The number of aromatic hydroxyl groups is 1. The smallest absolute Gasteiger partial charge is 0.251 e. The van der Waals surface area contributed by atoms with Crippen LogP contribution >= 0.6 is 11.6 Å². The molecule has 0 saturated carbocycles. The van der Waals surface area contributed by atoms with Crippen LogP contribution in [0.1, 0.15) is 22.3 Å². The van der Waals surface area contributed by atoms with Gasteiger partial charge < -0.3 is 15.2 Å². The minimum Gasteiger partial charge on any atom is -0.508 e. The SMILES string of the molecule is Cc1cc(C(=O)NCCCOCCCl)ccc1O. The Morgan fingerprint density at radius 3 is 2.89 bits per heavy atom. The fraction of sp³-hybridized carbons (Fsp3) is 0.462. The number of alkyl halides is 1. The summed E-state index contributed by atoms with van der Waals surface area (Å²) >= 11 is 5.46. The maximum atomic E-state index is 11.7. The summed E-state index contributed by atoms with van der Waals surface area (Å²) in [4.78, 5) is 11.7. The maximum absolute atomic E-state index is 11.7. The first-order chi connectivity index (χ1) is 8.65. The van der Waals surface area contributed by atoms with Gasteiger partial charge in [0.2, 0.25) is 0 Å². The normalized spacial score (nSPS) is 10.3. The van der Waals surface area contributed by atoms with Crippen LogP contribution < -0.4 is 5.32 Å². The minimum absolute atomic E-state index is 0.143. The summed E-state index contributed by atoms with van der Waals surface area (Å²) in [6.07, 6.45) is 0.750. The number of aryl methyl sites for hydroxylation is 1. The molecule has 0 bridgehead atoms. The first-order valence-corrected chi connectivity index (χ1v) is 6.40. The van der Waals surface area contributed by atoms with Crippen LogP contribution in [0.15, 0.2) is 18.2 Å². The maximum Gasteiger partial charge on any atom is 0.251 e. The Morgan fingerprint density at radius 1 is 1.44 bits per heavy atom. The lowest BCUT2D eigenvalue weighted by Crippen LogP contribution is -2.25. The Morgan fingerprint density at radius 2 is 2.22 bits per heavy atom. The number of phenols is 1. The molecule has 5 heteroatoms. The lowest BCUT2D eigenvalue weighted by molar-refractivity contribution is 0.0944. The zero-order chi connectivity index (χ0) is 13.4. The Labute approximate surface area is 112 Å². The first-order valence-electron chi connectivity index (χ1n) is 5.86. The molecule has 1 amide bonds. The molecule has 0 aliphatic rings. The number of hydrogen-bond donors (Lipinski definition) is 2. The van der Waals surface area contributed by atoms with E-state index >= 15 is 0 Å². The summed E-state index contributed by atoms with van der Waals surface area (Å²) < 4.78 is 5.19. The van der Waals surface area contributed by atoms with E-state index in [1.165, 1.54) is 6.07 Å². The van der Waals surface area contributed by atoms with Crippen molar-refractivity contribution >= 4 is 17.5 Å². The van der Waals surface area contributed by atoms with Gasteiger partial charge in [0.15, 0.2) is 0 Å². The molecule has 100 valence electrons. The van der Waals surface area contributed by atoms with Gasteiger partial charge in [-0.15, -0.1) is 11.6 Å². The monoisotopic (exact) mass is 271 g/mol. The largest absolute Gasteiger partial charge is 0.508 e. The molecule has 0 unspecified atom stereocenters. The minimum atomic E-state index is -0.143. The van der Waals surface area contributed by atoms with E-state index in [2.05, 4.69) is 5.32 Å². The van der Waals surface area contributed by atoms with Crippen molar-refractivity contribution in [2.75, 3.05) is 25.6 Å². The topological polar surface area (TPSA) is 58.6 Å². The lowest BCUT2D eigenvalue weighted by Gasteiger charge is -2.07. The molecule has 0 saturated heterocycles. The van der Waals surface area contributed by atoms with E-state index in [1.807, 2.05) is 0 Å². The molecule has 2 N–H and O–H groups in total. The van der Waals surface area contributed by atoms with Crippen LogP contribution in [-0.4, -0.2) is 36.7 Å². The summed E-state index contributed by atoms with van der Waals surface area (Å²) in [6, 6.07) is 4.78. The molecule has 0 aromatic heterocycles. The predicted molar refractivity (Wildman–Crippen MR) is 71.3 cm³/mol. The van der Waals surface area contributed by atoms with Crippen LogP contribution in [0.5, 0.6) is 5.75 Å². The van der Waals surface area contributed by atoms with Gasteiger partial charge in [0.1, 0.15) is 5.75 Å². The third-order valence-electron chi connectivity index (χ3n) is 2.43. The molecule has 0 radical (unpaired) electrons. The second-order valence-electron chi connectivity index (χ2n) is 3.91. The van der Waals surface area contributed by atoms with Gasteiger partial charge in [0.25, 0.3) is 5.91 Å². The number of halogens is 1. The zero-order valence-electron chi connectivity index (χ0n) is 10.4. The molecule has 0 fully saturated rings. The number of benzene rings is 1. The van der Waals surface area contributed by atoms with Crippen molar-refractivity contribution in [3.63, 3.8) is 0 Å². The number of carbonyl (C=O) groups is 1. The number of ether oxygens (including phenoxy) is 1. The Bertz CT molecular complexity index is 396. The summed E-state index contributed by atoms with van der Waals surface area (Å²) in [5.41, 5.74) is 1.24. The van der Waals surface area contributed by atoms with Crippen molar-refractivity contribution in [1.82, 2.24) is 5.32 Å². The highest BCUT2D eigenvalue weighted by atomic mass is 35.5. The molecule has 1 aromatic rings. The molecule has 0 aliphatic carbocycles. The van der Waals surface area contributed by atoms with Crippen LogP contribution in [0.2, 0.25) is 0 Å². The van der Waals surface area contributed by atoms with E-state index in [0.29, 0.717) is 36.8 Å². The van der Waals surface area contributed by atoms with E-state index in [4.69, 9.17) is 16.3 Å². The molecule has 0 heterocycles. The highest BCUT2D eigenvalue weighted by Crippen LogP contribution is 2.16. The van der Waals surface area contributed by atoms with Crippen LogP contribution in [0.4, 0.5) is 0 Å². The summed E-state index contributed by atoms with van der Waals surface area (Å²) in [5, 5.41) is 12.2. The van der Waals surface area contributed by atoms with Crippen molar-refractivity contribution < 1.29 is 14.6 Å². The first kappa shape index (κ1) is 14.8. The molecular weight excluding hydrogens is 254 g/mol. The van der Waals surface area contributed by atoms with Crippen LogP contribution in [-0.2, 0) is 4.74 Å². The third-order valence-corrected chi connectivity index (χ3v) is 2.59. The van der Waals surface area contributed by atoms with Crippen molar-refractivity contribution in [3.8, 4) is 5.75 Å². The predicted octanol–water partition coefficient (Wildman–Crippen LogP) is 2.08. The molecular formula is C13H18ClNO3. The van der Waals surface area contributed by atoms with Crippen molar-refractivity contribution in [3.05, 3.63) is 29.3 Å².